The van der Waals surface area contributed by atoms with E-state index in [1.54, 1.807) is 19.2 Å². The lowest BCUT2D eigenvalue weighted by Crippen LogP contribution is -2.15. The maximum absolute atomic E-state index is 11.5. The Hall–Kier alpha value is -2.04. The molecule has 1 rings (SSSR count). The van der Waals surface area contributed by atoms with E-state index in [1.165, 1.54) is 14.0 Å². The first-order valence-electron chi connectivity index (χ1n) is 5.50. The standard InChI is InChI=1S/C13H17NO4/c1-8(15)7-12(16)14-10-5-6-11(17-3)9(2)13(10)18-4/h5-6H,7H2,1-4H3,(H,14,16). The Morgan fingerprint density at radius 2 is 1.89 bits per heavy atom. The van der Waals surface area contributed by atoms with Crippen LogP contribution < -0.4 is 14.8 Å². The molecule has 0 unspecified atom stereocenters. The van der Waals surface area contributed by atoms with Crippen LogP contribution in [0.4, 0.5) is 5.69 Å². The number of rotatable bonds is 5. The van der Waals surface area contributed by atoms with Crippen LogP contribution in [-0.4, -0.2) is 25.9 Å². The summed E-state index contributed by atoms with van der Waals surface area (Å²) < 4.78 is 10.4. The van der Waals surface area contributed by atoms with E-state index in [4.69, 9.17) is 9.47 Å². The topological polar surface area (TPSA) is 64.6 Å². The number of Topliss-reactive ketones (excluding diaryl/α,β-unsaturated/α-hetero) is 1. The van der Waals surface area contributed by atoms with Crippen LogP contribution in [-0.2, 0) is 9.59 Å². The van der Waals surface area contributed by atoms with Gasteiger partial charge in [-0.15, -0.1) is 0 Å². The molecule has 1 aromatic carbocycles. The minimum absolute atomic E-state index is 0.145. The summed E-state index contributed by atoms with van der Waals surface area (Å²) in [6.07, 6.45) is -0.145. The molecule has 0 aromatic heterocycles. The number of benzene rings is 1. The van der Waals surface area contributed by atoms with Crippen molar-refractivity contribution in [3.8, 4) is 11.5 Å². The van der Waals surface area contributed by atoms with Gasteiger partial charge in [-0.1, -0.05) is 0 Å². The normalized spacial score (nSPS) is 9.78. The molecule has 0 atom stereocenters. The summed E-state index contributed by atoms with van der Waals surface area (Å²) in [6.45, 7) is 3.20. The monoisotopic (exact) mass is 251 g/mol. The Balaban J connectivity index is 2.99. The highest BCUT2D eigenvalue weighted by molar-refractivity contribution is 6.04. The van der Waals surface area contributed by atoms with Crippen molar-refractivity contribution in [1.82, 2.24) is 0 Å². The highest BCUT2D eigenvalue weighted by atomic mass is 16.5. The van der Waals surface area contributed by atoms with E-state index in [1.807, 2.05) is 6.92 Å². The lowest BCUT2D eigenvalue weighted by atomic mass is 10.1. The van der Waals surface area contributed by atoms with E-state index in [9.17, 15) is 9.59 Å². The molecule has 0 radical (unpaired) electrons. The van der Waals surface area contributed by atoms with Crippen LogP contribution in [0.25, 0.3) is 0 Å². The van der Waals surface area contributed by atoms with E-state index in [-0.39, 0.29) is 18.1 Å². The second-order valence-corrected chi connectivity index (χ2v) is 3.90. The van der Waals surface area contributed by atoms with E-state index in [0.717, 1.165) is 5.56 Å². The third kappa shape index (κ3) is 3.23. The maximum Gasteiger partial charge on any atom is 0.231 e. The van der Waals surface area contributed by atoms with Gasteiger partial charge in [-0.05, 0) is 26.0 Å². The number of methoxy groups -OCH3 is 2. The van der Waals surface area contributed by atoms with Gasteiger partial charge in [0.2, 0.25) is 5.91 Å². The molecular weight excluding hydrogens is 234 g/mol. The van der Waals surface area contributed by atoms with Gasteiger partial charge in [-0.3, -0.25) is 9.59 Å². The number of amides is 1. The summed E-state index contributed by atoms with van der Waals surface area (Å²) in [7, 11) is 3.08. The first kappa shape index (κ1) is 14.0. The fourth-order valence-electron chi connectivity index (χ4n) is 1.68. The number of hydrogen-bond acceptors (Lipinski definition) is 4. The molecule has 1 amide bonds. The Labute approximate surface area is 106 Å². The molecule has 0 aliphatic rings. The Morgan fingerprint density at radius 3 is 2.39 bits per heavy atom. The highest BCUT2D eigenvalue weighted by Gasteiger charge is 2.14. The lowest BCUT2D eigenvalue weighted by molar-refractivity contribution is -0.124. The van der Waals surface area contributed by atoms with Gasteiger partial charge in [0.15, 0.2) is 0 Å². The van der Waals surface area contributed by atoms with Gasteiger partial charge in [0, 0.05) is 5.56 Å². The molecule has 1 aromatic rings. The third-order valence-corrected chi connectivity index (χ3v) is 2.46. The van der Waals surface area contributed by atoms with Crippen LogP contribution in [0.5, 0.6) is 11.5 Å². The van der Waals surface area contributed by atoms with Gasteiger partial charge >= 0.3 is 0 Å². The predicted octanol–water partition coefficient (Wildman–Crippen LogP) is 1.93. The van der Waals surface area contributed by atoms with E-state index < -0.39 is 0 Å². The van der Waals surface area contributed by atoms with Crippen molar-refractivity contribution in [3.05, 3.63) is 17.7 Å². The summed E-state index contributed by atoms with van der Waals surface area (Å²) in [5, 5.41) is 2.64. The quantitative estimate of drug-likeness (QED) is 0.812. The van der Waals surface area contributed by atoms with Gasteiger partial charge in [0.1, 0.15) is 17.3 Å². The van der Waals surface area contributed by atoms with Crippen LogP contribution in [0.15, 0.2) is 12.1 Å². The van der Waals surface area contributed by atoms with Crippen molar-refractivity contribution in [2.45, 2.75) is 20.3 Å². The summed E-state index contributed by atoms with van der Waals surface area (Å²) in [5.41, 5.74) is 1.32. The van der Waals surface area contributed by atoms with Crippen molar-refractivity contribution in [3.63, 3.8) is 0 Å². The molecule has 0 saturated carbocycles. The maximum atomic E-state index is 11.5. The summed E-state index contributed by atoms with van der Waals surface area (Å²) in [6, 6.07) is 3.42. The Bertz CT molecular complexity index is 468. The van der Waals surface area contributed by atoms with Crippen molar-refractivity contribution < 1.29 is 19.1 Å². The van der Waals surface area contributed by atoms with Crippen molar-refractivity contribution in [1.29, 1.82) is 0 Å². The molecule has 5 heteroatoms. The van der Waals surface area contributed by atoms with Crippen molar-refractivity contribution in [2.75, 3.05) is 19.5 Å². The van der Waals surface area contributed by atoms with E-state index in [2.05, 4.69) is 5.32 Å². The van der Waals surface area contributed by atoms with Gasteiger partial charge in [0.05, 0.1) is 26.3 Å². The van der Waals surface area contributed by atoms with Crippen LogP contribution in [0.3, 0.4) is 0 Å². The number of carbonyl (C=O) groups is 2. The van der Waals surface area contributed by atoms with Crippen LogP contribution in [0.2, 0.25) is 0 Å². The molecule has 18 heavy (non-hydrogen) atoms. The third-order valence-electron chi connectivity index (χ3n) is 2.46. The molecule has 1 N–H and O–H groups in total. The molecule has 0 aliphatic heterocycles. The molecule has 0 heterocycles. The average Bonchev–Trinajstić information content (AvgIpc) is 2.28. The first-order chi connectivity index (χ1) is 8.49. The number of ether oxygens (including phenoxy) is 2. The minimum atomic E-state index is -0.356. The molecule has 0 spiro atoms. The molecule has 0 saturated heterocycles. The zero-order valence-corrected chi connectivity index (χ0v) is 11.0. The van der Waals surface area contributed by atoms with Gasteiger partial charge in [0.25, 0.3) is 0 Å². The van der Waals surface area contributed by atoms with E-state index >= 15 is 0 Å². The SMILES string of the molecule is COc1ccc(NC(=O)CC(C)=O)c(OC)c1C. The number of ketones is 1. The first-order valence-corrected chi connectivity index (χ1v) is 5.50. The fourth-order valence-corrected chi connectivity index (χ4v) is 1.68. The Morgan fingerprint density at radius 1 is 1.22 bits per heavy atom. The average molecular weight is 251 g/mol. The number of carbonyl (C=O) groups excluding carboxylic acids is 2. The van der Waals surface area contributed by atoms with Crippen LogP contribution in [0.1, 0.15) is 18.9 Å². The smallest absolute Gasteiger partial charge is 0.231 e. The second kappa shape index (κ2) is 6.05. The zero-order chi connectivity index (χ0) is 13.7. The van der Waals surface area contributed by atoms with Crippen LogP contribution >= 0.6 is 0 Å². The number of nitrogens with one attached hydrogen (secondary N) is 1. The number of hydrogen-bond donors (Lipinski definition) is 1. The molecule has 98 valence electrons. The van der Waals surface area contributed by atoms with Gasteiger partial charge in [-0.2, -0.15) is 0 Å². The molecule has 5 nitrogen and oxygen atoms in total. The molecular formula is C13H17NO4. The van der Waals surface area contributed by atoms with Crippen molar-refractivity contribution >= 4 is 17.4 Å². The largest absolute Gasteiger partial charge is 0.496 e. The highest BCUT2D eigenvalue weighted by Crippen LogP contribution is 2.34. The summed E-state index contributed by atoms with van der Waals surface area (Å²) >= 11 is 0. The molecule has 0 aliphatic carbocycles. The van der Waals surface area contributed by atoms with Crippen LogP contribution in [0, 0.1) is 6.92 Å². The second-order valence-electron chi connectivity index (χ2n) is 3.90. The summed E-state index contributed by atoms with van der Waals surface area (Å²) in [5.74, 6) is 0.671. The van der Waals surface area contributed by atoms with Gasteiger partial charge < -0.3 is 14.8 Å². The molecule has 0 fully saturated rings. The Kier molecular flexibility index (Phi) is 4.71. The number of anilines is 1. The summed E-state index contributed by atoms with van der Waals surface area (Å²) in [4.78, 5) is 22.4. The van der Waals surface area contributed by atoms with Crippen molar-refractivity contribution in [2.24, 2.45) is 0 Å². The van der Waals surface area contributed by atoms with E-state index in [0.29, 0.717) is 17.2 Å². The predicted molar refractivity (Wildman–Crippen MR) is 68.2 cm³/mol. The van der Waals surface area contributed by atoms with Gasteiger partial charge in [-0.25, -0.2) is 0 Å². The molecule has 0 bridgehead atoms. The lowest BCUT2D eigenvalue weighted by Gasteiger charge is -2.14. The fraction of sp³-hybridized carbons (Fsp3) is 0.385. The zero-order valence-electron chi connectivity index (χ0n) is 11.0. The minimum Gasteiger partial charge on any atom is -0.496 e.